The maximum Gasteiger partial charge on any atom is 0.433 e. The maximum absolute atomic E-state index is 10.9. The first-order valence-corrected chi connectivity index (χ1v) is 4.83. The Kier molecular flexibility index (Phi) is 4.59. The Morgan fingerprint density at radius 1 is 1.12 bits per heavy atom. The van der Waals surface area contributed by atoms with E-state index in [-0.39, 0.29) is 10.7 Å². The van der Waals surface area contributed by atoms with Crippen LogP contribution in [0.1, 0.15) is 0 Å². The average molecular weight is 257 g/mol. The predicted molar refractivity (Wildman–Crippen MR) is 62.8 cm³/mol. The molecule has 0 atom stereocenters. The molecular formula is C10H9ClN2O4. The number of hydrogen-bond donors (Lipinski definition) is 0. The number of methoxy groups -OCH3 is 2. The van der Waals surface area contributed by atoms with Crippen LogP contribution in [0.2, 0.25) is 0 Å². The summed E-state index contributed by atoms with van der Waals surface area (Å²) in [5, 5.41) is 0.181. The van der Waals surface area contributed by atoms with Gasteiger partial charge in [0.05, 0.1) is 30.7 Å². The van der Waals surface area contributed by atoms with Gasteiger partial charge in [-0.05, 0) is 18.2 Å². The lowest BCUT2D eigenvalue weighted by Crippen LogP contribution is -2.09. The molecule has 1 aliphatic carbocycles. The van der Waals surface area contributed by atoms with Crippen molar-refractivity contribution < 1.29 is 19.1 Å². The summed E-state index contributed by atoms with van der Waals surface area (Å²) in [6.45, 7) is 0. The molecule has 0 aromatic heterocycles. The van der Waals surface area contributed by atoms with Gasteiger partial charge < -0.3 is 9.47 Å². The third-order valence-corrected chi connectivity index (χ3v) is 2.02. The van der Waals surface area contributed by atoms with E-state index in [1.54, 1.807) is 0 Å². The standard InChI is InChI=1S/C10H9ClN2O4/c1-16-9(14)12-6-3-4-8(7(11)5-6)13-10(15)17-2/h3-5H,1-2H3. The monoisotopic (exact) mass is 256 g/mol. The number of aliphatic imine (C=N–C) groups is 2. The van der Waals surface area contributed by atoms with Crippen molar-refractivity contribution in [2.75, 3.05) is 14.2 Å². The third-order valence-electron chi connectivity index (χ3n) is 1.71. The number of carbonyl (C=O) groups excluding carboxylic acids is 2. The molecule has 0 N–H and O–H groups in total. The Hall–Kier alpha value is -1.95. The van der Waals surface area contributed by atoms with Crippen LogP contribution in [-0.2, 0) is 9.47 Å². The van der Waals surface area contributed by atoms with E-state index in [0.717, 1.165) is 0 Å². The van der Waals surface area contributed by atoms with Crippen molar-refractivity contribution in [1.29, 1.82) is 0 Å². The summed E-state index contributed by atoms with van der Waals surface area (Å²) in [4.78, 5) is 28.9. The Morgan fingerprint density at radius 2 is 1.71 bits per heavy atom. The van der Waals surface area contributed by atoms with Crippen molar-refractivity contribution in [1.82, 2.24) is 0 Å². The molecular weight excluding hydrogens is 248 g/mol. The van der Waals surface area contributed by atoms with Crippen molar-refractivity contribution in [2.24, 2.45) is 9.98 Å². The molecule has 1 rings (SSSR count). The topological polar surface area (TPSA) is 77.3 Å². The first-order valence-electron chi connectivity index (χ1n) is 4.45. The van der Waals surface area contributed by atoms with E-state index < -0.39 is 12.2 Å². The predicted octanol–water partition coefficient (Wildman–Crippen LogP) is 2.09. The summed E-state index contributed by atoms with van der Waals surface area (Å²) in [6, 6.07) is 0. The minimum atomic E-state index is -0.760. The summed E-state index contributed by atoms with van der Waals surface area (Å²) in [5.41, 5.74) is 0.549. The molecule has 17 heavy (non-hydrogen) atoms. The molecule has 0 bridgehead atoms. The Labute approximate surface area is 102 Å². The molecule has 90 valence electrons. The van der Waals surface area contributed by atoms with Crippen LogP contribution in [0.15, 0.2) is 33.2 Å². The van der Waals surface area contributed by atoms with Gasteiger partial charge in [0.2, 0.25) is 0 Å². The lowest BCUT2D eigenvalue weighted by molar-refractivity contribution is 0.181. The van der Waals surface area contributed by atoms with Gasteiger partial charge in [-0.15, -0.1) is 0 Å². The summed E-state index contributed by atoms with van der Waals surface area (Å²) in [5.74, 6) is 0. The van der Waals surface area contributed by atoms with Crippen molar-refractivity contribution >= 4 is 35.2 Å². The van der Waals surface area contributed by atoms with E-state index in [1.807, 2.05) is 0 Å². The molecule has 0 radical (unpaired) electrons. The number of hydrogen-bond acceptors (Lipinski definition) is 4. The number of halogens is 1. The molecule has 0 spiro atoms. The highest BCUT2D eigenvalue weighted by Crippen LogP contribution is 2.12. The van der Waals surface area contributed by atoms with Gasteiger partial charge in [-0.3, -0.25) is 0 Å². The van der Waals surface area contributed by atoms with Gasteiger partial charge in [-0.25, -0.2) is 9.59 Å². The number of nitrogens with zero attached hydrogens (tertiary/aromatic N) is 2. The summed E-state index contributed by atoms with van der Waals surface area (Å²) < 4.78 is 8.72. The van der Waals surface area contributed by atoms with Gasteiger partial charge in [0.1, 0.15) is 0 Å². The molecule has 0 aromatic rings. The molecule has 0 heterocycles. The molecule has 0 aliphatic heterocycles. The summed E-state index contributed by atoms with van der Waals surface area (Å²) in [7, 11) is 2.43. The largest absolute Gasteiger partial charge is 0.451 e. The van der Waals surface area contributed by atoms with Crippen molar-refractivity contribution in [2.45, 2.75) is 0 Å². The fraction of sp³-hybridized carbons (Fsp3) is 0.200. The molecule has 0 aromatic carbocycles. The maximum atomic E-state index is 10.9. The zero-order chi connectivity index (χ0) is 12.8. The van der Waals surface area contributed by atoms with E-state index in [0.29, 0.717) is 5.71 Å². The quantitative estimate of drug-likeness (QED) is 0.622. The van der Waals surface area contributed by atoms with Gasteiger partial charge in [-0.1, -0.05) is 11.6 Å². The van der Waals surface area contributed by atoms with Crippen molar-refractivity contribution in [3.63, 3.8) is 0 Å². The van der Waals surface area contributed by atoms with Crippen LogP contribution in [0.3, 0.4) is 0 Å². The van der Waals surface area contributed by atoms with Gasteiger partial charge in [0.25, 0.3) is 0 Å². The van der Waals surface area contributed by atoms with Crippen LogP contribution in [0.4, 0.5) is 9.59 Å². The molecule has 2 amide bonds. The van der Waals surface area contributed by atoms with Crippen LogP contribution in [0.5, 0.6) is 0 Å². The lowest BCUT2D eigenvalue weighted by Gasteiger charge is -2.05. The SMILES string of the molecule is COC(=O)N=C1C=CC(=NC(=O)OC)C(Cl)=C1. The van der Waals surface area contributed by atoms with E-state index in [2.05, 4.69) is 19.5 Å². The lowest BCUT2D eigenvalue weighted by atomic mass is 10.1. The van der Waals surface area contributed by atoms with Gasteiger partial charge >= 0.3 is 12.2 Å². The number of amides is 2. The van der Waals surface area contributed by atoms with Crippen LogP contribution < -0.4 is 0 Å². The fourth-order valence-corrected chi connectivity index (χ4v) is 1.17. The third kappa shape index (κ3) is 3.84. The second kappa shape index (κ2) is 5.95. The number of rotatable bonds is 0. The highest BCUT2D eigenvalue weighted by molar-refractivity contribution is 6.49. The highest BCUT2D eigenvalue weighted by Gasteiger charge is 2.11. The normalized spacial score (nSPS) is 19.1. The Morgan fingerprint density at radius 3 is 2.24 bits per heavy atom. The molecule has 6 nitrogen and oxygen atoms in total. The van der Waals surface area contributed by atoms with Crippen molar-refractivity contribution in [3.05, 3.63) is 23.3 Å². The van der Waals surface area contributed by atoms with Crippen LogP contribution >= 0.6 is 11.6 Å². The molecule has 0 saturated heterocycles. The smallest absolute Gasteiger partial charge is 0.433 e. The van der Waals surface area contributed by atoms with E-state index in [1.165, 1.54) is 32.4 Å². The first-order chi connectivity index (χ1) is 8.06. The van der Waals surface area contributed by atoms with E-state index in [4.69, 9.17) is 11.6 Å². The van der Waals surface area contributed by atoms with Gasteiger partial charge in [0.15, 0.2) is 0 Å². The minimum absolute atomic E-state index is 0.181. The minimum Gasteiger partial charge on any atom is -0.451 e. The zero-order valence-corrected chi connectivity index (χ0v) is 9.89. The Balaban J connectivity index is 2.91. The zero-order valence-electron chi connectivity index (χ0n) is 9.14. The second-order valence-electron chi connectivity index (χ2n) is 2.80. The van der Waals surface area contributed by atoms with E-state index in [9.17, 15) is 9.59 Å². The Bertz CT molecular complexity index is 463. The number of carbonyl (C=O) groups is 2. The number of allylic oxidation sites excluding steroid dienone is 4. The van der Waals surface area contributed by atoms with Gasteiger partial charge in [-0.2, -0.15) is 9.98 Å². The molecule has 7 heteroatoms. The van der Waals surface area contributed by atoms with Crippen LogP contribution in [0, 0.1) is 0 Å². The van der Waals surface area contributed by atoms with Crippen LogP contribution in [-0.4, -0.2) is 37.8 Å². The second-order valence-corrected chi connectivity index (χ2v) is 3.21. The molecule has 0 fully saturated rings. The van der Waals surface area contributed by atoms with Crippen molar-refractivity contribution in [3.8, 4) is 0 Å². The van der Waals surface area contributed by atoms with Gasteiger partial charge in [0, 0.05) is 0 Å². The molecule has 0 unspecified atom stereocenters. The van der Waals surface area contributed by atoms with E-state index >= 15 is 0 Å². The molecule has 0 saturated carbocycles. The molecule has 1 aliphatic rings. The number of ether oxygens (including phenoxy) is 2. The summed E-state index contributed by atoms with van der Waals surface area (Å²) >= 11 is 5.84. The average Bonchev–Trinajstić information content (AvgIpc) is 2.32. The highest BCUT2D eigenvalue weighted by atomic mass is 35.5. The van der Waals surface area contributed by atoms with Crippen LogP contribution in [0.25, 0.3) is 0 Å². The fourth-order valence-electron chi connectivity index (χ4n) is 0.951. The summed E-state index contributed by atoms with van der Waals surface area (Å²) in [6.07, 6.45) is 2.81. The first kappa shape index (κ1) is 13.1.